The van der Waals surface area contributed by atoms with E-state index in [0.717, 1.165) is 22.2 Å². The first kappa shape index (κ1) is 13.1. The SMILES string of the molecule is Cc1nc(CSCCC(=O)Nc2ccn[nH]2)cs1. The van der Waals surface area contributed by atoms with Crippen molar-refractivity contribution in [1.82, 2.24) is 15.2 Å². The molecule has 0 spiro atoms. The molecule has 0 saturated carbocycles. The molecule has 0 aliphatic heterocycles. The van der Waals surface area contributed by atoms with Crippen LogP contribution in [0.2, 0.25) is 0 Å². The second kappa shape index (κ2) is 6.55. The molecule has 96 valence electrons. The van der Waals surface area contributed by atoms with Crippen molar-refractivity contribution in [2.75, 3.05) is 11.1 Å². The van der Waals surface area contributed by atoms with Gasteiger partial charge in [-0.25, -0.2) is 4.98 Å². The fraction of sp³-hybridized carbons (Fsp3) is 0.364. The van der Waals surface area contributed by atoms with E-state index in [1.807, 2.05) is 6.92 Å². The lowest BCUT2D eigenvalue weighted by Crippen LogP contribution is -2.12. The molecule has 0 bridgehead atoms. The average Bonchev–Trinajstić information content (AvgIpc) is 2.96. The quantitative estimate of drug-likeness (QED) is 0.798. The molecule has 1 amide bonds. The van der Waals surface area contributed by atoms with Gasteiger partial charge in [0.25, 0.3) is 0 Å². The number of H-pyrrole nitrogens is 1. The molecule has 5 nitrogen and oxygen atoms in total. The smallest absolute Gasteiger partial charge is 0.226 e. The molecule has 2 heterocycles. The van der Waals surface area contributed by atoms with Crippen LogP contribution in [-0.4, -0.2) is 26.8 Å². The lowest BCUT2D eigenvalue weighted by molar-refractivity contribution is -0.115. The highest BCUT2D eigenvalue weighted by Crippen LogP contribution is 2.15. The number of anilines is 1. The van der Waals surface area contributed by atoms with E-state index in [9.17, 15) is 4.79 Å². The van der Waals surface area contributed by atoms with E-state index in [-0.39, 0.29) is 5.91 Å². The van der Waals surface area contributed by atoms with E-state index in [2.05, 4.69) is 25.9 Å². The molecule has 0 aromatic carbocycles. The van der Waals surface area contributed by atoms with E-state index >= 15 is 0 Å². The van der Waals surface area contributed by atoms with Crippen molar-refractivity contribution in [2.45, 2.75) is 19.1 Å². The number of rotatable bonds is 6. The van der Waals surface area contributed by atoms with E-state index in [4.69, 9.17) is 0 Å². The van der Waals surface area contributed by atoms with Gasteiger partial charge < -0.3 is 5.32 Å². The van der Waals surface area contributed by atoms with Gasteiger partial charge in [0.1, 0.15) is 5.82 Å². The maximum Gasteiger partial charge on any atom is 0.226 e. The van der Waals surface area contributed by atoms with Crippen molar-refractivity contribution in [3.8, 4) is 0 Å². The summed E-state index contributed by atoms with van der Waals surface area (Å²) in [6.07, 6.45) is 2.10. The van der Waals surface area contributed by atoms with Crippen LogP contribution in [0.15, 0.2) is 17.6 Å². The van der Waals surface area contributed by atoms with Crippen LogP contribution in [0.25, 0.3) is 0 Å². The Bertz CT molecular complexity index is 495. The lowest BCUT2D eigenvalue weighted by Gasteiger charge is -2.01. The van der Waals surface area contributed by atoms with Gasteiger partial charge in [0, 0.05) is 29.4 Å². The first-order valence-electron chi connectivity index (χ1n) is 5.52. The number of thioether (sulfide) groups is 1. The number of aryl methyl sites for hydroxylation is 1. The summed E-state index contributed by atoms with van der Waals surface area (Å²) < 4.78 is 0. The summed E-state index contributed by atoms with van der Waals surface area (Å²) in [4.78, 5) is 15.9. The summed E-state index contributed by atoms with van der Waals surface area (Å²) >= 11 is 3.37. The summed E-state index contributed by atoms with van der Waals surface area (Å²) in [5, 5.41) is 12.3. The molecule has 0 fully saturated rings. The van der Waals surface area contributed by atoms with Gasteiger partial charge in [-0.2, -0.15) is 16.9 Å². The molecule has 0 atom stereocenters. The second-order valence-electron chi connectivity index (χ2n) is 3.68. The molecule has 0 aliphatic rings. The number of hydrogen-bond donors (Lipinski definition) is 2. The predicted octanol–water partition coefficient (Wildman–Crippen LogP) is 2.44. The fourth-order valence-corrected chi connectivity index (χ4v) is 2.90. The summed E-state index contributed by atoms with van der Waals surface area (Å²) in [5.74, 6) is 2.29. The predicted molar refractivity (Wildman–Crippen MR) is 74.8 cm³/mol. The van der Waals surface area contributed by atoms with Crippen molar-refractivity contribution in [3.63, 3.8) is 0 Å². The largest absolute Gasteiger partial charge is 0.311 e. The number of carbonyl (C=O) groups is 1. The summed E-state index contributed by atoms with van der Waals surface area (Å²) in [6, 6.07) is 1.73. The van der Waals surface area contributed by atoms with Crippen LogP contribution in [0.3, 0.4) is 0 Å². The van der Waals surface area contributed by atoms with Gasteiger partial charge in [-0.3, -0.25) is 9.89 Å². The monoisotopic (exact) mass is 282 g/mol. The number of thiazole rings is 1. The molecule has 2 aromatic heterocycles. The Labute approximate surface area is 113 Å². The number of nitrogens with one attached hydrogen (secondary N) is 2. The zero-order valence-electron chi connectivity index (χ0n) is 9.97. The van der Waals surface area contributed by atoms with E-state index in [1.165, 1.54) is 0 Å². The number of amides is 1. The number of aromatic amines is 1. The molecular formula is C11H14N4OS2. The van der Waals surface area contributed by atoms with Crippen LogP contribution in [0.5, 0.6) is 0 Å². The highest BCUT2D eigenvalue weighted by molar-refractivity contribution is 7.98. The third-order valence-electron chi connectivity index (χ3n) is 2.16. The highest BCUT2D eigenvalue weighted by Gasteiger charge is 2.04. The van der Waals surface area contributed by atoms with Crippen LogP contribution in [-0.2, 0) is 10.5 Å². The van der Waals surface area contributed by atoms with Crippen molar-refractivity contribution >= 4 is 34.8 Å². The number of nitrogens with zero attached hydrogens (tertiary/aromatic N) is 2. The van der Waals surface area contributed by atoms with Crippen LogP contribution in [0.1, 0.15) is 17.1 Å². The molecule has 7 heteroatoms. The Morgan fingerprint density at radius 3 is 3.17 bits per heavy atom. The van der Waals surface area contributed by atoms with Gasteiger partial charge in [-0.1, -0.05) is 0 Å². The summed E-state index contributed by atoms with van der Waals surface area (Å²) in [7, 11) is 0. The minimum atomic E-state index is 0.00112. The van der Waals surface area contributed by atoms with Crippen LogP contribution in [0, 0.1) is 6.92 Å². The highest BCUT2D eigenvalue weighted by atomic mass is 32.2. The molecule has 0 unspecified atom stereocenters. The number of aromatic nitrogens is 3. The van der Waals surface area contributed by atoms with Gasteiger partial charge in [-0.15, -0.1) is 11.3 Å². The van der Waals surface area contributed by atoms with Crippen LogP contribution >= 0.6 is 23.1 Å². The minimum absolute atomic E-state index is 0.00112. The third kappa shape index (κ3) is 4.15. The Hall–Kier alpha value is -1.34. The summed E-state index contributed by atoms with van der Waals surface area (Å²) in [6.45, 7) is 2.00. The maximum absolute atomic E-state index is 11.5. The Kier molecular flexibility index (Phi) is 4.77. The molecular weight excluding hydrogens is 268 g/mol. The molecule has 18 heavy (non-hydrogen) atoms. The van der Waals surface area contributed by atoms with Gasteiger partial charge in [0.15, 0.2) is 0 Å². The lowest BCUT2D eigenvalue weighted by atomic mass is 10.4. The van der Waals surface area contributed by atoms with Crippen LogP contribution < -0.4 is 5.32 Å². The molecule has 2 aromatic rings. The van der Waals surface area contributed by atoms with Gasteiger partial charge in [0.2, 0.25) is 5.91 Å². The molecule has 0 radical (unpaired) electrons. The van der Waals surface area contributed by atoms with Crippen LogP contribution in [0.4, 0.5) is 5.82 Å². The normalized spacial score (nSPS) is 10.5. The fourth-order valence-electron chi connectivity index (χ4n) is 1.35. The third-order valence-corrected chi connectivity index (χ3v) is 3.98. The minimum Gasteiger partial charge on any atom is -0.311 e. The maximum atomic E-state index is 11.5. The van der Waals surface area contributed by atoms with Gasteiger partial charge >= 0.3 is 0 Å². The van der Waals surface area contributed by atoms with E-state index < -0.39 is 0 Å². The zero-order valence-corrected chi connectivity index (χ0v) is 11.6. The molecule has 0 saturated heterocycles. The Balaban J connectivity index is 1.62. The zero-order chi connectivity index (χ0) is 12.8. The standard InChI is InChI=1S/C11H14N4OS2/c1-8-13-9(7-18-8)6-17-5-3-11(16)14-10-2-4-12-15-10/h2,4,7H,3,5-6H2,1H3,(H2,12,14,15,16). The first-order chi connectivity index (χ1) is 8.74. The summed E-state index contributed by atoms with van der Waals surface area (Å²) in [5.41, 5.74) is 1.09. The van der Waals surface area contributed by atoms with Crippen molar-refractivity contribution in [2.24, 2.45) is 0 Å². The van der Waals surface area contributed by atoms with Crippen molar-refractivity contribution < 1.29 is 4.79 Å². The second-order valence-corrected chi connectivity index (χ2v) is 5.85. The number of hydrogen-bond acceptors (Lipinski definition) is 5. The average molecular weight is 282 g/mol. The van der Waals surface area contributed by atoms with Crippen molar-refractivity contribution in [3.05, 3.63) is 28.3 Å². The van der Waals surface area contributed by atoms with Crippen molar-refractivity contribution in [1.29, 1.82) is 0 Å². The van der Waals surface area contributed by atoms with E-state index in [1.54, 1.807) is 35.4 Å². The first-order valence-corrected chi connectivity index (χ1v) is 7.55. The van der Waals surface area contributed by atoms with Gasteiger partial charge in [0.05, 0.1) is 16.9 Å². The Morgan fingerprint density at radius 1 is 1.61 bits per heavy atom. The topological polar surface area (TPSA) is 70.7 Å². The van der Waals surface area contributed by atoms with Gasteiger partial charge in [-0.05, 0) is 6.92 Å². The number of carbonyl (C=O) groups excluding carboxylic acids is 1. The van der Waals surface area contributed by atoms with E-state index in [0.29, 0.717) is 12.2 Å². The molecule has 2 rings (SSSR count). The molecule has 2 N–H and O–H groups in total. The molecule has 0 aliphatic carbocycles. The Morgan fingerprint density at radius 2 is 2.50 bits per heavy atom.